The first kappa shape index (κ1) is 15.8. The summed E-state index contributed by atoms with van der Waals surface area (Å²) in [5.41, 5.74) is 1.13. The predicted octanol–water partition coefficient (Wildman–Crippen LogP) is 1.47. The van der Waals surface area contributed by atoms with Crippen LogP contribution in [0.1, 0.15) is 12.5 Å². The second-order valence-corrected chi connectivity index (χ2v) is 4.78. The van der Waals surface area contributed by atoms with Crippen molar-refractivity contribution >= 4 is 18.1 Å². The first-order valence-corrected chi connectivity index (χ1v) is 7.02. The number of esters is 1. The summed E-state index contributed by atoms with van der Waals surface area (Å²) in [5, 5.41) is 9.84. The molecular weight excluding hydrogens is 284 g/mol. The Morgan fingerprint density at radius 2 is 2.14 bits per heavy atom. The van der Waals surface area contributed by atoms with Gasteiger partial charge in [-0.1, -0.05) is 30.3 Å². The van der Waals surface area contributed by atoms with Crippen molar-refractivity contribution < 1.29 is 19.4 Å². The van der Waals surface area contributed by atoms with E-state index >= 15 is 0 Å². The molecule has 0 spiro atoms. The highest BCUT2D eigenvalue weighted by molar-refractivity contribution is 6.14. The number of ether oxygens (including phenoxy) is 1. The number of aliphatic imine (C=N–C) groups is 1. The smallest absolute Gasteiger partial charge is 0.325 e. The van der Waals surface area contributed by atoms with Gasteiger partial charge in [0.25, 0.3) is 5.91 Å². The Labute approximate surface area is 128 Å². The molecule has 0 aliphatic carbocycles. The fraction of sp³-hybridized carbons (Fsp3) is 0.312. The summed E-state index contributed by atoms with van der Waals surface area (Å²) < 4.78 is 4.79. The van der Waals surface area contributed by atoms with Gasteiger partial charge in [0.15, 0.2) is 0 Å². The lowest BCUT2D eigenvalue weighted by molar-refractivity contribution is -0.147. The Balaban J connectivity index is 1.95. The van der Waals surface area contributed by atoms with Gasteiger partial charge in [-0.05, 0) is 12.5 Å². The van der Waals surface area contributed by atoms with Crippen molar-refractivity contribution in [2.75, 3.05) is 19.7 Å². The van der Waals surface area contributed by atoms with Gasteiger partial charge in [0, 0.05) is 6.21 Å². The first-order valence-electron chi connectivity index (χ1n) is 7.02. The van der Waals surface area contributed by atoms with E-state index in [2.05, 4.69) is 4.99 Å². The van der Waals surface area contributed by atoms with Gasteiger partial charge in [0.1, 0.15) is 12.3 Å². The van der Waals surface area contributed by atoms with E-state index in [1.807, 2.05) is 30.3 Å². The van der Waals surface area contributed by atoms with Crippen molar-refractivity contribution in [3.63, 3.8) is 0 Å². The van der Waals surface area contributed by atoms with Gasteiger partial charge < -0.3 is 14.7 Å². The van der Waals surface area contributed by atoms with E-state index < -0.39 is 11.9 Å². The SMILES string of the molecule is CCOC(=O)CN1CC(O)=C(C=NCc2ccccc2)C1=O. The standard InChI is InChI=1S/C16H18N2O4/c1-2-22-15(20)11-18-10-14(19)13(16(18)21)9-17-8-12-6-4-3-5-7-12/h3-7,9,19H,2,8,10-11H2,1H3. The van der Waals surface area contributed by atoms with E-state index in [9.17, 15) is 14.7 Å². The van der Waals surface area contributed by atoms with Crippen molar-refractivity contribution in [1.29, 1.82) is 0 Å². The van der Waals surface area contributed by atoms with Gasteiger partial charge in [-0.15, -0.1) is 0 Å². The molecule has 1 aromatic carbocycles. The van der Waals surface area contributed by atoms with Crippen molar-refractivity contribution in [3.05, 3.63) is 47.2 Å². The molecule has 1 amide bonds. The number of hydrogen-bond donors (Lipinski definition) is 1. The molecule has 2 rings (SSSR count). The number of amides is 1. The fourth-order valence-electron chi connectivity index (χ4n) is 2.08. The summed E-state index contributed by atoms with van der Waals surface area (Å²) in [5.74, 6) is -0.986. The maximum absolute atomic E-state index is 12.1. The molecule has 6 nitrogen and oxygen atoms in total. The highest BCUT2D eigenvalue weighted by Gasteiger charge is 2.30. The maximum Gasteiger partial charge on any atom is 0.325 e. The monoisotopic (exact) mass is 302 g/mol. The van der Waals surface area contributed by atoms with Crippen LogP contribution in [0.5, 0.6) is 0 Å². The van der Waals surface area contributed by atoms with Crippen molar-refractivity contribution in [2.45, 2.75) is 13.5 Å². The number of carbonyl (C=O) groups excluding carboxylic acids is 2. The van der Waals surface area contributed by atoms with Gasteiger partial charge in [-0.3, -0.25) is 14.6 Å². The van der Waals surface area contributed by atoms with Crippen LogP contribution in [0.2, 0.25) is 0 Å². The minimum absolute atomic E-state index is 0.00430. The van der Waals surface area contributed by atoms with Gasteiger partial charge in [-0.25, -0.2) is 0 Å². The van der Waals surface area contributed by atoms with Crippen LogP contribution in [0.3, 0.4) is 0 Å². The Morgan fingerprint density at radius 1 is 1.41 bits per heavy atom. The highest BCUT2D eigenvalue weighted by Crippen LogP contribution is 2.15. The Hall–Kier alpha value is -2.63. The zero-order valence-electron chi connectivity index (χ0n) is 12.4. The number of carbonyl (C=O) groups is 2. The zero-order valence-corrected chi connectivity index (χ0v) is 12.4. The van der Waals surface area contributed by atoms with Crippen LogP contribution in [0.15, 0.2) is 46.7 Å². The molecule has 0 saturated carbocycles. The molecule has 116 valence electrons. The zero-order chi connectivity index (χ0) is 15.9. The third-order valence-corrected chi connectivity index (χ3v) is 3.13. The van der Waals surface area contributed by atoms with Crippen molar-refractivity contribution in [2.24, 2.45) is 4.99 Å². The van der Waals surface area contributed by atoms with Crippen LogP contribution in [0.4, 0.5) is 0 Å². The van der Waals surface area contributed by atoms with Crippen LogP contribution in [-0.4, -0.2) is 47.8 Å². The molecule has 0 radical (unpaired) electrons. The molecule has 0 saturated heterocycles. The van der Waals surface area contributed by atoms with Crippen molar-refractivity contribution in [1.82, 2.24) is 4.90 Å². The quantitative estimate of drug-likeness (QED) is 0.637. The molecule has 0 atom stereocenters. The van der Waals surface area contributed by atoms with Crippen LogP contribution in [0, 0.1) is 0 Å². The van der Waals surface area contributed by atoms with Crippen molar-refractivity contribution in [3.8, 4) is 0 Å². The molecule has 1 aliphatic heterocycles. The van der Waals surface area contributed by atoms with Gasteiger partial charge in [0.2, 0.25) is 0 Å². The van der Waals surface area contributed by atoms with E-state index in [0.29, 0.717) is 6.54 Å². The van der Waals surface area contributed by atoms with E-state index in [0.717, 1.165) is 5.56 Å². The molecular formula is C16H18N2O4. The van der Waals surface area contributed by atoms with E-state index in [-0.39, 0.29) is 31.0 Å². The summed E-state index contributed by atoms with van der Waals surface area (Å²) in [6.07, 6.45) is 1.36. The molecule has 1 aromatic rings. The van der Waals surface area contributed by atoms with Crippen LogP contribution in [-0.2, 0) is 20.9 Å². The molecule has 0 unspecified atom stereocenters. The molecule has 6 heteroatoms. The summed E-state index contributed by atoms with van der Waals surface area (Å²) >= 11 is 0. The van der Waals surface area contributed by atoms with Gasteiger partial charge in [0.05, 0.1) is 25.3 Å². The lowest BCUT2D eigenvalue weighted by Gasteiger charge is -2.14. The van der Waals surface area contributed by atoms with Crippen LogP contribution in [0.25, 0.3) is 0 Å². The Kier molecular flexibility index (Phi) is 5.30. The molecule has 1 aliphatic rings. The second-order valence-electron chi connectivity index (χ2n) is 4.78. The largest absolute Gasteiger partial charge is 0.510 e. The second kappa shape index (κ2) is 7.40. The number of hydrogen-bond acceptors (Lipinski definition) is 5. The topological polar surface area (TPSA) is 79.2 Å². The number of aliphatic hydroxyl groups is 1. The third-order valence-electron chi connectivity index (χ3n) is 3.13. The van der Waals surface area contributed by atoms with Gasteiger partial charge >= 0.3 is 5.97 Å². The molecule has 0 aromatic heterocycles. The predicted molar refractivity (Wildman–Crippen MR) is 81.5 cm³/mol. The average molecular weight is 302 g/mol. The lowest BCUT2D eigenvalue weighted by Crippen LogP contribution is -2.33. The molecule has 0 bridgehead atoms. The van der Waals surface area contributed by atoms with E-state index in [1.165, 1.54) is 11.1 Å². The van der Waals surface area contributed by atoms with Gasteiger partial charge in [-0.2, -0.15) is 0 Å². The third kappa shape index (κ3) is 3.94. The number of rotatable bonds is 6. The van der Waals surface area contributed by atoms with Crippen LogP contribution < -0.4 is 0 Å². The molecule has 1 heterocycles. The molecule has 1 N–H and O–H groups in total. The maximum atomic E-state index is 12.1. The summed E-state index contributed by atoms with van der Waals surface area (Å²) in [7, 11) is 0. The minimum atomic E-state index is -0.494. The first-order chi connectivity index (χ1) is 10.6. The highest BCUT2D eigenvalue weighted by atomic mass is 16.5. The lowest BCUT2D eigenvalue weighted by atomic mass is 10.2. The average Bonchev–Trinajstić information content (AvgIpc) is 2.76. The Bertz CT molecular complexity index is 608. The number of benzene rings is 1. The summed E-state index contributed by atoms with van der Waals surface area (Å²) in [6, 6.07) is 9.58. The minimum Gasteiger partial charge on any atom is -0.510 e. The molecule has 0 fully saturated rings. The number of nitrogens with zero attached hydrogens (tertiary/aromatic N) is 2. The normalized spacial score (nSPS) is 15.0. The van der Waals surface area contributed by atoms with E-state index in [1.54, 1.807) is 6.92 Å². The summed E-state index contributed by atoms with van der Waals surface area (Å²) in [4.78, 5) is 28.9. The van der Waals surface area contributed by atoms with E-state index in [4.69, 9.17) is 4.74 Å². The summed E-state index contributed by atoms with van der Waals surface area (Å²) in [6.45, 7) is 2.20. The fourth-order valence-corrected chi connectivity index (χ4v) is 2.08. The Morgan fingerprint density at radius 3 is 2.82 bits per heavy atom. The number of aliphatic hydroxyl groups excluding tert-OH is 1. The molecule has 22 heavy (non-hydrogen) atoms. The van der Waals surface area contributed by atoms with Crippen LogP contribution >= 0.6 is 0 Å².